The predicted octanol–water partition coefficient (Wildman–Crippen LogP) is 2.19. The number of ketones is 1. The number of carbonyl (C=O) groups excluding carboxylic acids is 1. The van der Waals surface area contributed by atoms with Gasteiger partial charge in [-0.15, -0.1) is 0 Å². The van der Waals surface area contributed by atoms with Crippen LogP contribution in [0.5, 0.6) is 0 Å². The molecule has 0 aromatic rings. The Morgan fingerprint density at radius 3 is 2.00 bits per heavy atom. The molecule has 0 aliphatic carbocycles. The first kappa shape index (κ1) is 13.6. The predicted molar refractivity (Wildman–Crippen MR) is 56.4 cm³/mol. The third-order valence-electron chi connectivity index (χ3n) is 2.51. The largest absolute Gasteiger partial charge is 0.374 e. The van der Waals surface area contributed by atoms with E-state index in [2.05, 4.69) is 0 Å². The van der Waals surface area contributed by atoms with E-state index in [9.17, 15) is 4.79 Å². The number of hydrogen-bond donors (Lipinski definition) is 0. The van der Waals surface area contributed by atoms with Crippen molar-refractivity contribution in [3.05, 3.63) is 0 Å². The molecule has 0 heterocycles. The van der Waals surface area contributed by atoms with Crippen molar-refractivity contribution in [3.63, 3.8) is 0 Å². The van der Waals surface area contributed by atoms with E-state index in [1.807, 2.05) is 27.7 Å². The summed E-state index contributed by atoms with van der Waals surface area (Å²) in [6.45, 7) is 9.05. The second-order valence-electron chi connectivity index (χ2n) is 3.19. The fraction of sp³-hybridized carbons (Fsp3) is 0.909. The van der Waals surface area contributed by atoms with Crippen molar-refractivity contribution in [2.24, 2.45) is 0 Å². The molecule has 0 unspecified atom stereocenters. The van der Waals surface area contributed by atoms with E-state index in [0.29, 0.717) is 26.1 Å². The topological polar surface area (TPSA) is 35.5 Å². The third-order valence-corrected chi connectivity index (χ3v) is 2.51. The van der Waals surface area contributed by atoms with Crippen LogP contribution >= 0.6 is 0 Å². The highest BCUT2D eigenvalue weighted by Crippen LogP contribution is 2.21. The normalized spacial score (nSPS) is 11.7. The molecule has 0 aliphatic rings. The van der Waals surface area contributed by atoms with Crippen LogP contribution in [0.1, 0.15) is 40.5 Å². The first-order chi connectivity index (χ1) is 6.66. The quantitative estimate of drug-likeness (QED) is 0.605. The summed E-state index contributed by atoms with van der Waals surface area (Å²) in [5.41, 5.74) is -0.621. The van der Waals surface area contributed by atoms with Gasteiger partial charge >= 0.3 is 0 Å². The van der Waals surface area contributed by atoms with Crippen LogP contribution in [0.3, 0.4) is 0 Å². The molecule has 0 N–H and O–H groups in total. The minimum absolute atomic E-state index is 0.0613. The molecule has 0 aromatic heterocycles. The number of carbonyl (C=O) groups is 1. The zero-order valence-electron chi connectivity index (χ0n) is 9.76. The minimum atomic E-state index is -0.621. The summed E-state index contributed by atoms with van der Waals surface area (Å²) in [5.74, 6) is 0.0613. The van der Waals surface area contributed by atoms with E-state index in [-0.39, 0.29) is 12.4 Å². The van der Waals surface area contributed by atoms with Gasteiger partial charge in [-0.2, -0.15) is 0 Å². The van der Waals surface area contributed by atoms with Gasteiger partial charge in [0.2, 0.25) is 0 Å². The standard InChI is InChI=1S/C11H22O3/c1-5-11(6-2,14-8-4)10(12)9-13-7-3/h5-9H2,1-4H3. The van der Waals surface area contributed by atoms with Crippen LogP contribution in [-0.4, -0.2) is 31.2 Å². The summed E-state index contributed by atoms with van der Waals surface area (Å²) in [5, 5.41) is 0. The average molecular weight is 202 g/mol. The zero-order chi connectivity index (χ0) is 11.0. The van der Waals surface area contributed by atoms with Gasteiger partial charge in [0.15, 0.2) is 5.78 Å². The van der Waals surface area contributed by atoms with Gasteiger partial charge in [-0.05, 0) is 26.7 Å². The van der Waals surface area contributed by atoms with E-state index in [1.165, 1.54) is 0 Å². The Kier molecular flexibility index (Phi) is 6.75. The summed E-state index contributed by atoms with van der Waals surface area (Å²) < 4.78 is 10.7. The van der Waals surface area contributed by atoms with Crippen LogP contribution in [0.2, 0.25) is 0 Å². The Balaban J connectivity index is 4.37. The minimum Gasteiger partial charge on any atom is -0.374 e. The van der Waals surface area contributed by atoms with Crippen molar-refractivity contribution >= 4 is 5.78 Å². The summed E-state index contributed by atoms with van der Waals surface area (Å²) >= 11 is 0. The van der Waals surface area contributed by atoms with Gasteiger partial charge < -0.3 is 9.47 Å². The number of hydrogen-bond acceptors (Lipinski definition) is 3. The zero-order valence-corrected chi connectivity index (χ0v) is 9.76. The molecule has 0 spiro atoms. The lowest BCUT2D eigenvalue weighted by atomic mass is 9.92. The molecule has 0 saturated carbocycles. The molecule has 0 fully saturated rings. The SMILES string of the molecule is CCOCC(=O)C(CC)(CC)OCC. The molecule has 0 rings (SSSR count). The smallest absolute Gasteiger partial charge is 0.190 e. The van der Waals surface area contributed by atoms with Crippen LogP contribution in [0, 0.1) is 0 Å². The van der Waals surface area contributed by atoms with Gasteiger partial charge in [-0.1, -0.05) is 13.8 Å². The van der Waals surface area contributed by atoms with E-state index in [1.54, 1.807) is 0 Å². The first-order valence-corrected chi connectivity index (χ1v) is 5.41. The van der Waals surface area contributed by atoms with Crippen molar-refractivity contribution in [1.82, 2.24) is 0 Å². The number of ether oxygens (including phenoxy) is 2. The highest BCUT2D eigenvalue weighted by Gasteiger charge is 2.34. The van der Waals surface area contributed by atoms with Gasteiger partial charge in [-0.25, -0.2) is 0 Å². The van der Waals surface area contributed by atoms with E-state index in [4.69, 9.17) is 9.47 Å². The van der Waals surface area contributed by atoms with Gasteiger partial charge in [0.05, 0.1) is 0 Å². The Bertz CT molecular complexity index is 162. The van der Waals surface area contributed by atoms with E-state index < -0.39 is 5.60 Å². The number of Topliss-reactive ketones (excluding diaryl/α,β-unsaturated/α-hetero) is 1. The maximum absolute atomic E-state index is 11.8. The lowest BCUT2D eigenvalue weighted by molar-refractivity contribution is -0.150. The van der Waals surface area contributed by atoms with Crippen molar-refractivity contribution in [3.8, 4) is 0 Å². The maximum atomic E-state index is 11.8. The molecule has 0 aliphatic heterocycles. The van der Waals surface area contributed by atoms with E-state index >= 15 is 0 Å². The molecule has 84 valence electrons. The van der Waals surface area contributed by atoms with Crippen molar-refractivity contribution in [2.45, 2.75) is 46.1 Å². The average Bonchev–Trinajstić information content (AvgIpc) is 2.22. The van der Waals surface area contributed by atoms with Crippen LogP contribution in [0.4, 0.5) is 0 Å². The van der Waals surface area contributed by atoms with Crippen LogP contribution in [0.25, 0.3) is 0 Å². The van der Waals surface area contributed by atoms with E-state index in [0.717, 1.165) is 0 Å². The maximum Gasteiger partial charge on any atom is 0.190 e. The second-order valence-corrected chi connectivity index (χ2v) is 3.19. The molecule has 0 radical (unpaired) electrons. The molecule has 3 nitrogen and oxygen atoms in total. The summed E-state index contributed by atoms with van der Waals surface area (Å²) in [6, 6.07) is 0. The van der Waals surface area contributed by atoms with Crippen LogP contribution in [0.15, 0.2) is 0 Å². The molecule has 0 aromatic carbocycles. The Morgan fingerprint density at radius 2 is 1.64 bits per heavy atom. The Morgan fingerprint density at radius 1 is 1.07 bits per heavy atom. The lowest BCUT2D eigenvalue weighted by Gasteiger charge is -2.29. The molecule has 14 heavy (non-hydrogen) atoms. The molecule has 0 bridgehead atoms. The van der Waals surface area contributed by atoms with Crippen LogP contribution in [-0.2, 0) is 14.3 Å². The van der Waals surface area contributed by atoms with Gasteiger partial charge in [0.25, 0.3) is 0 Å². The highest BCUT2D eigenvalue weighted by molar-refractivity contribution is 5.88. The summed E-state index contributed by atoms with van der Waals surface area (Å²) in [7, 11) is 0. The first-order valence-electron chi connectivity index (χ1n) is 5.41. The molecule has 0 amide bonds. The monoisotopic (exact) mass is 202 g/mol. The lowest BCUT2D eigenvalue weighted by Crippen LogP contribution is -2.42. The fourth-order valence-electron chi connectivity index (χ4n) is 1.53. The fourth-order valence-corrected chi connectivity index (χ4v) is 1.53. The summed E-state index contributed by atoms with van der Waals surface area (Å²) in [4.78, 5) is 11.8. The highest BCUT2D eigenvalue weighted by atomic mass is 16.5. The van der Waals surface area contributed by atoms with Crippen molar-refractivity contribution < 1.29 is 14.3 Å². The summed E-state index contributed by atoms with van der Waals surface area (Å²) in [6.07, 6.45) is 1.42. The van der Waals surface area contributed by atoms with Gasteiger partial charge in [0, 0.05) is 13.2 Å². The van der Waals surface area contributed by atoms with Gasteiger partial charge in [-0.3, -0.25) is 4.79 Å². The van der Waals surface area contributed by atoms with Crippen molar-refractivity contribution in [2.75, 3.05) is 19.8 Å². The Labute approximate surface area is 86.8 Å². The van der Waals surface area contributed by atoms with Gasteiger partial charge in [0.1, 0.15) is 12.2 Å². The third kappa shape index (κ3) is 3.39. The molecule has 0 saturated heterocycles. The molecular weight excluding hydrogens is 180 g/mol. The second kappa shape index (κ2) is 6.96. The molecule has 0 atom stereocenters. The molecule has 3 heteroatoms. The molecular formula is C11H22O3. The van der Waals surface area contributed by atoms with Crippen molar-refractivity contribution in [1.29, 1.82) is 0 Å². The Hall–Kier alpha value is -0.410. The van der Waals surface area contributed by atoms with Crippen LogP contribution < -0.4 is 0 Å². The number of rotatable bonds is 8.